The summed E-state index contributed by atoms with van der Waals surface area (Å²) in [5.41, 5.74) is 2.30. The number of hydrogen-bond donors (Lipinski definition) is 2. The zero-order chi connectivity index (χ0) is 70.4. The van der Waals surface area contributed by atoms with Crippen LogP contribution in [0.2, 0.25) is 18.1 Å². The molecule has 10 atom stereocenters. The number of amides is 2. The van der Waals surface area contributed by atoms with Crippen LogP contribution in [-0.4, -0.2) is 129 Å². The smallest absolute Gasteiger partial charge is 0.457 e. The Morgan fingerprint density at radius 1 is 0.505 bits per heavy atom. The SMILES string of the molecule is CCCCCC(=O)N[C@H]1[C@H](O[Si](C)(C)C(C)(C)C)O[C@H](CO[C@@H]2O[C@H](COC(=O)OCc3ccccc3)[C@@H](OP(=O)(OCc3ccccc3)OCc3ccccc3)[C@H](OC(=O)CCCCC)[C@H]2NC(=O)OCC(Cl)(Cl)Cl)[C@@H](OC(=O)OCc2ccccc2)[C@@H]1OC(=O)CCCCC. The first-order valence-electron chi connectivity index (χ1n) is 32.9. The van der Waals surface area contributed by atoms with Crippen LogP contribution in [0.4, 0.5) is 14.4 Å². The van der Waals surface area contributed by atoms with Gasteiger partial charge in [0.1, 0.15) is 56.8 Å². The van der Waals surface area contributed by atoms with Crippen molar-refractivity contribution in [3.05, 3.63) is 144 Å². The number of ether oxygens (including phenoxy) is 10. The predicted molar refractivity (Wildman–Crippen MR) is 363 cm³/mol. The number of unbranched alkanes of at least 4 members (excludes halogenated alkanes) is 6. The fourth-order valence-corrected chi connectivity index (χ4v) is 12.5. The van der Waals surface area contributed by atoms with Crippen LogP contribution in [0.25, 0.3) is 0 Å². The Morgan fingerprint density at radius 2 is 0.938 bits per heavy atom. The molecule has 2 aliphatic rings. The van der Waals surface area contributed by atoms with E-state index >= 15 is 4.57 Å². The first-order valence-corrected chi connectivity index (χ1v) is 38.4. The van der Waals surface area contributed by atoms with E-state index in [1.54, 1.807) is 121 Å². The molecule has 0 bridgehead atoms. The van der Waals surface area contributed by atoms with Crippen molar-refractivity contribution in [2.45, 2.75) is 228 Å². The van der Waals surface area contributed by atoms with Crippen molar-refractivity contribution in [1.29, 1.82) is 0 Å². The summed E-state index contributed by atoms with van der Waals surface area (Å²) in [6, 6.07) is 31.7. The number of alkyl halides is 3. The van der Waals surface area contributed by atoms with Gasteiger partial charge in [-0.2, -0.15) is 0 Å². The van der Waals surface area contributed by atoms with Crippen LogP contribution >= 0.6 is 42.6 Å². The second kappa shape index (κ2) is 40.4. The average molecular weight is 1450 g/mol. The highest BCUT2D eigenvalue weighted by molar-refractivity contribution is 7.48. The number of halogens is 3. The van der Waals surface area contributed by atoms with Gasteiger partial charge in [0.15, 0.2) is 39.2 Å². The van der Waals surface area contributed by atoms with Gasteiger partial charge in [-0.25, -0.2) is 18.9 Å². The number of phosphoric ester groups is 1. The highest BCUT2D eigenvalue weighted by Gasteiger charge is 2.57. The van der Waals surface area contributed by atoms with Crippen molar-refractivity contribution in [3.63, 3.8) is 0 Å². The number of benzene rings is 4. The van der Waals surface area contributed by atoms with Crippen LogP contribution in [0.5, 0.6) is 0 Å². The van der Waals surface area contributed by atoms with E-state index in [4.69, 9.17) is 100 Å². The first kappa shape index (κ1) is 80.1. The lowest BCUT2D eigenvalue weighted by Crippen LogP contribution is -2.69. The Labute approximate surface area is 585 Å². The number of nitrogens with one attached hydrogen (secondary N) is 2. The van der Waals surface area contributed by atoms with Gasteiger partial charge in [0.2, 0.25) is 9.70 Å². The summed E-state index contributed by atoms with van der Waals surface area (Å²) in [6.45, 7) is 12.2. The summed E-state index contributed by atoms with van der Waals surface area (Å²) >= 11 is 18.3. The molecule has 2 amide bonds. The van der Waals surface area contributed by atoms with Crippen LogP contribution in [0, 0.1) is 0 Å². The molecule has 28 heteroatoms. The van der Waals surface area contributed by atoms with Crippen molar-refractivity contribution in [2.75, 3.05) is 19.8 Å². The van der Waals surface area contributed by atoms with Gasteiger partial charge in [-0.15, -0.1) is 0 Å². The maximum Gasteiger partial charge on any atom is 0.509 e. The van der Waals surface area contributed by atoms with Gasteiger partial charge in [0, 0.05) is 19.3 Å². The van der Waals surface area contributed by atoms with E-state index in [0.717, 1.165) is 19.3 Å². The monoisotopic (exact) mass is 1450 g/mol. The standard InChI is InChI=1S/C69H94Cl3N2O21PSi/c1-9-12-19-38-54(75)73-58-61(91-55(76)39-20-13-10-2)59(93-67(80)84-42-49-32-24-16-25-33-49)52(90-64(58)95-97(7,8)68(4,5)6)45-82-63-57(74-65(78)86-47-69(70,71)72)62(92-56(77)40-21-14-11-3)60(53(89-63)46-85-66(79)83-41-48-30-22-15-23-31-48)94-96(81,87-43-50-34-26-17-27-35-50)88-44-51-36-28-18-29-37-51/h15-18,22-37,52-53,57-64H,9-14,19-21,38-47H2,1-8H3,(H,73,75)(H,74,78)/t52-,53-,57-,58-,59-,60-,61-,62-,63-,64+/m1/s1. The number of carbonyl (C=O) groups is 6. The second-order valence-corrected chi connectivity index (χ2v) is 33.9. The minimum atomic E-state index is -4.99. The number of alkyl carbamates (subject to hydrolysis) is 1. The molecule has 4 aromatic rings. The molecule has 23 nitrogen and oxygen atoms in total. The summed E-state index contributed by atoms with van der Waals surface area (Å²) in [7, 11) is -7.98. The molecule has 4 aromatic carbocycles. The van der Waals surface area contributed by atoms with Gasteiger partial charge in [-0.3, -0.25) is 28.0 Å². The lowest BCUT2D eigenvalue weighted by molar-refractivity contribution is -0.297. The fourth-order valence-electron chi connectivity index (χ4n) is 9.88. The van der Waals surface area contributed by atoms with Crippen LogP contribution in [0.15, 0.2) is 121 Å². The van der Waals surface area contributed by atoms with Gasteiger partial charge >= 0.3 is 38.2 Å². The summed E-state index contributed by atoms with van der Waals surface area (Å²) < 4.78 is 101. The third-order valence-electron chi connectivity index (χ3n) is 16.1. The van der Waals surface area contributed by atoms with Crippen molar-refractivity contribution in [1.82, 2.24) is 10.6 Å². The van der Waals surface area contributed by atoms with E-state index in [0.29, 0.717) is 60.8 Å². The molecule has 2 heterocycles. The molecule has 2 fully saturated rings. The van der Waals surface area contributed by atoms with Gasteiger partial charge < -0.3 is 62.4 Å². The van der Waals surface area contributed by atoms with Gasteiger partial charge in [-0.1, -0.05) is 236 Å². The number of carbonyl (C=O) groups excluding carboxylic acids is 6. The second-order valence-electron chi connectivity index (χ2n) is 25.0. The van der Waals surface area contributed by atoms with Crippen molar-refractivity contribution < 1.29 is 98.7 Å². The molecule has 536 valence electrons. The number of rotatable bonds is 37. The van der Waals surface area contributed by atoms with E-state index in [1.807, 2.05) is 54.6 Å². The van der Waals surface area contributed by atoms with Crippen LogP contribution in [0.3, 0.4) is 0 Å². The molecule has 0 aliphatic carbocycles. The summed E-state index contributed by atoms with van der Waals surface area (Å²) in [5, 5.41) is 5.15. The van der Waals surface area contributed by atoms with Crippen molar-refractivity contribution in [3.8, 4) is 0 Å². The Hall–Kier alpha value is -5.86. The highest BCUT2D eigenvalue weighted by Crippen LogP contribution is 2.54. The van der Waals surface area contributed by atoms with E-state index in [2.05, 4.69) is 10.6 Å². The van der Waals surface area contributed by atoms with E-state index < -0.39 is 142 Å². The summed E-state index contributed by atoms with van der Waals surface area (Å²) in [6.07, 6.45) is -12.1. The lowest BCUT2D eigenvalue weighted by atomic mass is 9.95. The third-order valence-corrected chi connectivity index (χ3v) is 22.3. The zero-order valence-electron chi connectivity index (χ0n) is 56.4. The topological polar surface area (TPSA) is 273 Å². The predicted octanol–water partition coefficient (Wildman–Crippen LogP) is 15.0. The third kappa shape index (κ3) is 28.0. The Bertz CT molecular complexity index is 3040. The molecule has 97 heavy (non-hydrogen) atoms. The maximum atomic E-state index is 15.6. The zero-order valence-corrected chi connectivity index (χ0v) is 60.6. The van der Waals surface area contributed by atoms with Crippen molar-refractivity contribution in [2.24, 2.45) is 0 Å². The molecular weight excluding hydrogens is 1360 g/mol. The van der Waals surface area contributed by atoms with Gasteiger partial charge in [0.05, 0.1) is 19.8 Å². The van der Waals surface area contributed by atoms with Crippen LogP contribution in [0.1, 0.15) is 141 Å². The minimum absolute atomic E-state index is 0.0628. The van der Waals surface area contributed by atoms with Crippen LogP contribution < -0.4 is 10.6 Å². The quantitative estimate of drug-likeness (QED) is 0.0106. The number of phosphoric acid groups is 1. The molecule has 0 radical (unpaired) electrons. The number of esters is 2. The molecule has 6 rings (SSSR count). The molecule has 0 spiro atoms. The van der Waals surface area contributed by atoms with Crippen molar-refractivity contribution >= 4 is 87.2 Å². The first-order chi connectivity index (χ1) is 46.3. The molecule has 0 saturated carbocycles. The average Bonchev–Trinajstić information content (AvgIpc) is 0.775. The van der Waals surface area contributed by atoms with Gasteiger partial charge in [0.25, 0.3) is 0 Å². The van der Waals surface area contributed by atoms with Crippen LogP contribution in [-0.2, 0) is 111 Å². The minimum Gasteiger partial charge on any atom is -0.457 e. The molecule has 0 aromatic heterocycles. The number of hydrogen-bond acceptors (Lipinski definition) is 21. The largest absolute Gasteiger partial charge is 0.509 e. The maximum absolute atomic E-state index is 15.6. The Morgan fingerprint density at radius 3 is 1.41 bits per heavy atom. The molecule has 2 aliphatic heterocycles. The van der Waals surface area contributed by atoms with E-state index in [1.165, 1.54) is 0 Å². The Kier molecular flexibility index (Phi) is 33.4. The summed E-state index contributed by atoms with van der Waals surface area (Å²) in [5.74, 6) is -1.99. The highest BCUT2D eigenvalue weighted by atomic mass is 35.6. The summed E-state index contributed by atoms with van der Waals surface area (Å²) in [4.78, 5) is 85.2. The van der Waals surface area contributed by atoms with E-state index in [9.17, 15) is 28.8 Å². The lowest BCUT2D eigenvalue weighted by Gasteiger charge is -2.49. The molecular formula is C69H94Cl3N2O21PSi. The fraction of sp³-hybridized carbons (Fsp3) is 0.565. The molecule has 2 saturated heterocycles. The molecule has 2 N–H and O–H groups in total. The normalized spacial score (nSPS) is 21.3. The Balaban J connectivity index is 1.53. The van der Waals surface area contributed by atoms with E-state index in [-0.39, 0.29) is 45.7 Å². The molecule has 0 unspecified atom stereocenters. The van der Waals surface area contributed by atoms with Gasteiger partial charge in [-0.05, 0) is 59.6 Å².